The first-order valence-corrected chi connectivity index (χ1v) is 6.80. The van der Waals surface area contributed by atoms with Gasteiger partial charge in [-0.2, -0.15) is 0 Å². The second kappa shape index (κ2) is 6.21. The van der Waals surface area contributed by atoms with Gasteiger partial charge in [-0.05, 0) is 17.7 Å². The van der Waals surface area contributed by atoms with Gasteiger partial charge < -0.3 is 19.5 Å². The number of benzene rings is 1. The minimum atomic E-state index is -2.34. The molecule has 22 heavy (non-hydrogen) atoms. The summed E-state index contributed by atoms with van der Waals surface area (Å²) in [5.41, 5.74) is -1.65. The van der Waals surface area contributed by atoms with E-state index >= 15 is 0 Å². The minimum absolute atomic E-state index is 0.0516. The van der Waals surface area contributed by atoms with Crippen LogP contribution < -0.4 is 9.47 Å². The van der Waals surface area contributed by atoms with Gasteiger partial charge in [0, 0.05) is 13.0 Å². The second-order valence-electron chi connectivity index (χ2n) is 5.20. The molecule has 0 saturated carbocycles. The fourth-order valence-corrected chi connectivity index (χ4v) is 2.44. The third kappa shape index (κ3) is 3.13. The number of halogens is 1. The summed E-state index contributed by atoms with van der Waals surface area (Å²) in [6.07, 6.45) is -0.129. The van der Waals surface area contributed by atoms with Gasteiger partial charge in [0.15, 0.2) is 11.5 Å². The van der Waals surface area contributed by atoms with Crippen LogP contribution in [-0.2, 0) is 16.0 Å². The van der Waals surface area contributed by atoms with E-state index in [1.165, 1.54) is 19.1 Å². The quantitative estimate of drug-likeness (QED) is 0.886. The Labute approximate surface area is 127 Å². The first-order valence-electron chi connectivity index (χ1n) is 6.80. The van der Waals surface area contributed by atoms with Crippen molar-refractivity contribution in [2.75, 3.05) is 27.3 Å². The summed E-state index contributed by atoms with van der Waals surface area (Å²) in [6.45, 7) is -0.302. The van der Waals surface area contributed by atoms with Gasteiger partial charge in [-0.1, -0.05) is 6.07 Å². The van der Waals surface area contributed by atoms with Crippen LogP contribution in [0.25, 0.3) is 0 Å². The number of carbonyl (C=O) groups is 2. The van der Waals surface area contributed by atoms with Crippen LogP contribution in [0.3, 0.4) is 0 Å². The van der Waals surface area contributed by atoms with E-state index in [4.69, 9.17) is 14.6 Å². The normalized spacial score (nSPS) is 20.8. The molecule has 120 valence electrons. The summed E-state index contributed by atoms with van der Waals surface area (Å²) in [5, 5.41) is 8.84. The van der Waals surface area contributed by atoms with E-state index in [1.54, 1.807) is 18.2 Å². The summed E-state index contributed by atoms with van der Waals surface area (Å²) in [7, 11) is 3.01. The molecule has 1 unspecified atom stereocenters. The van der Waals surface area contributed by atoms with Crippen LogP contribution in [0, 0.1) is 0 Å². The van der Waals surface area contributed by atoms with Gasteiger partial charge in [0.25, 0.3) is 0 Å². The number of nitrogens with zero attached hydrogens (tertiary/aromatic N) is 1. The molecule has 1 aliphatic heterocycles. The van der Waals surface area contributed by atoms with Gasteiger partial charge in [0.05, 0.1) is 27.2 Å². The van der Waals surface area contributed by atoms with E-state index in [9.17, 15) is 14.0 Å². The van der Waals surface area contributed by atoms with Crippen molar-refractivity contribution in [3.05, 3.63) is 23.8 Å². The Morgan fingerprint density at radius 3 is 2.55 bits per heavy atom. The Hall–Kier alpha value is -2.31. The van der Waals surface area contributed by atoms with E-state index in [0.29, 0.717) is 17.1 Å². The van der Waals surface area contributed by atoms with Crippen LogP contribution >= 0.6 is 0 Å². The smallest absolute Gasteiger partial charge is 0.343 e. The van der Waals surface area contributed by atoms with E-state index < -0.39 is 18.2 Å². The van der Waals surface area contributed by atoms with E-state index in [-0.39, 0.29) is 25.3 Å². The SMILES string of the molecule is COc1ccc(CC(=O)N2CCC(F)(C(=O)O)C2)cc1OC. The fraction of sp³-hybridized carbons (Fsp3) is 0.467. The van der Waals surface area contributed by atoms with Crippen LogP contribution in [0.15, 0.2) is 18.2 Å². The highest BCUT2D eigenvalue weighted by Gasteiger charge is 2.46. The van der Waals surface area contributed by atoms with Crippen LogP contribution in [0.1, 0.15) is 12.0 Å². The minimum Gasteiger partial charge on any atom is -0.493 e. The molecule has 1 heterocycles. The maximum atomic E-state index is 14.0. The van der Waals surface area contributed by atoms with Crippen molar-refractivity contribution in [1.82, 2.24) is 4.90 Å². The molecule has 0 aromatic heterocycles. The molecule has 6 nitrogen and oxygen atoms in total. The zero-order valence-electron chi connectivity index (χ0n) is 12.5. The van der Waals surface area contributed by atoms with Crippen LogP contribution in [0.5, 0.6) is 11.5 Å². The lowest BCUT2D eigenvalue weighted by molar-refractivity contribution is -0.150. The number of alkyl halides is 1. The molecule has 1 atom stereocenters. The fourth-order valence-electron chi connectivity index (χ4n) is 2.44. The highest BCUT2D eigenvalue weighted by molar-refractivity contribution is 5.83. The number of hydrogen-bond donors (Lipinski definition) is 1. The molecule has 1 amide bonds. The van der Waals surface area contributed by atoms with Gasteiger partial charge in [-0.3, -0.25) is 4.79 Å². The Bertz CT molecular complexity index is 591. The van der Waals surface area contributed by atoms with E-state index in [1.807, 2.05) is 0 Å². The molecule has 1 saturated heterocycles. The van der Waals surface area contributed by atoms with Crippen LogP contribution in [0.2, 0.25) is 0 Å². The summed E-state index contributed by atoms with van der Waals surface area (Å²) in [5.74, 6) is -0.782. The number of carbonyl (C=O) groups excluding carboxylic acids is 1. The van der Waals surface area contributed by atoms with Crippen molar-refractivity contribution < 1.29 is 28.6 Å². The lowest BCUT2D eigenvalue weighted by Gasteiger charge is -2.18. The second-order valence-corrected chi connectivity index (χ2v) is 5.20. The van der Waals surface area contributed by atoms with Crippen molar-refractivity contribution in [3.63, 3.8) is 0 Å². The lowest BCUT2D eigenvalue weighted by atomic mass is 10.1. The van der Waals surface area contributed by atoms with Gasteiger partial charge in [0.2, 0.25) is 11.6 Å². The molecule has 1 aromatic rings. The summed E-state index contributed by atoms with van der Waals surface area (Å²) in [4.78, 5) is 24.3. The standard InChI is InChI=1S/C15H18FNO5/c1-21-11-4-3-10(7-12(11)22-2)8-13(18)17-6-5-15(16,9-17)14(19)20/h3-4,7H,5-6,8-9H2,1-2H3,(H,19,20). The summed E-state index contributed by atoms with van der Waals surface area (Å²) >= 11 is 0. The number of ether oxygens (including phenoxy) is 2. The first kappa shape index (κ1) is 16.1. The molecule has 0 radical (unpaired) electrons. The predicted molar refractivity (Wildman–Crippen MR) is 75.9 cm³/mol. The Morgan fingerprint density at radius 1 is 1.32 bits per heavy atom. The number of carboxylic acid groups (broad SMARTS) is 1. The Morgan fingerprint density at radius 2 is 2.00 bits per heavy atom. The summed E-state index contributed by atoms with van der Waals surface area (Å²) < 4.78 is 24.2. The van der Waals surface area contributed by atoms with Crippen molar-refractivity contribution >= 4 is 11.9 Å². The average molecular weight is 311 g/mol. The molecule has 1 fully saturated rings. The Balaban J connectivity index is 2.05. The largest absolute Gasteiger partial charge is 0.493 e. The average Bonchev–Trinajstić information content (AvgIpc) is 2.91. The molecule has 1 aliphatic rings. The molecule has 7 heteroatoms. The third-order valence-electron chi connectivity index (χ3n) is 3.76. The number of methoxy groups -OCH3 is 2. The van der Waals surface area contributed by atoms with Crippen LogP contribution in [0.4, 0.5) is 4.39 Å². The molecule has 0 aliphatic carbocycles. The highest BCUT2D eigenvalue weighted by atomic mass is 19.1. The molecule has 2 rings (SSSR count). The third-order valence-corrected chi connectivity index (χ3v) is 3.76. The van der Waals surface area contributed by atoms with E-state index in [0.717, 1.165) is 0 Å². The van der Waals surface area contributed by atoms with Crippen LogP contribution in [-0.4, -0.2) is 54.9 Å². The molecule has 0 spiro atoms. The van der Waals surface area contributed by atoms with Gasteiger partial charge >= 0.3 is 5.97 Å². The number of hydrogen-bond acceptors (Lipinski definition) is 4. The topological polar surface area (TPSA) is 76.1 Å². The molecular formula is C15H18FNO5. The number of rotatable bonds is 5. The van der Waals surface area contributed by atoms with Crippen molar-refractivity contribution in [2.45, 2.75) is 18.5 Å². The van der Waals surface area contributed by atoms with Crippen molar-refractivity contribution in [3.8, 4) is 11.5 Å². The van der Waals surface area contributed by atoms with Crippen molar-refractivity contribution in [2.24, 2.45) is 0 Å². The molecule has 1 aromatic carbocycles. The van der Waals surface area contributed by atoms with Gasteiger partial charge in [0.1, 0.15) is 0 Å². The zero-order valence-corrected chi connectivity index (χ0v) is 12.5. The maximum absolute atomic E-state index is 14.0. The zero-order chi connectivity index (χ0) is 16.3. The van der Waals surface area contributed by atoms with Gasteiger partial charge in [-0.15, -0.1) is 0 Å². The number of aliphatic carboxylic acids is 1. The number of amides is 1. The summed E-state index contributed by atoms with van der Waals surface area (Å²) in [6, 6.07) is 5.07. The number of carboxylic acids is 1. The Kier molecular flexibility index (Phi) is 4.54. The monoisotopic (exact) mass is 311 g/mol. The van der Waals surface area contributed by atoms with Gasteiger partial charge in [-0.25, -0.2) is 9.18 Å². The number of likely N-dealkylation sites (tertiary alicyclic amines) is 1. The van der Waals surface area contributed by atoms with Crippen molar-refractivity contribution in [1.29, 1.82) is 0 Å². The molecular weight excluding hydrogens is 293 g/mol. The first-order chi connectivity index (χ1) is 10.4. The molecule has 1 N–H and O–H groups in total. The molecule has 0 bridgehead atoms. The lowest BCUT2D eigenvalue weighted by Crippen LogP contribution is -2.39. The highest BCUT2D eigenvalue weighted by Crippen LogP contribution is 2.29. The van der Waals surface area contributed by atoms with E-state index in [2.05, 4.69) is 0 Å². The predicted octanol–water partition coefficient (Wildman–Crippen LogP) is 1.27. The maximum Gasteiger partial charge on any atom is 0.343 e.